The zero-order valence-electron chi connectivity index (χ0n) is 15.2. The molecule has 5 heteroatoms. The molecule has 0 aromatic heterocycles. The van der Waals surface area contributed by atoms with Gasteiger partial charge in [0.2, 0.25) is 0 Å². The van der Waals surface area contributed by atoms with Gasteiger partial charge in [0.05, 0.1) is 33.0 Å². The highest BCUT2D eigenvalue weighted by molar-refractivity contribution is 8.40. The second-order valence-corrected chi connectivity index (χ2v) is 31.6. The molecule has 0 radical (unpaired) electrons. The summed E-state index contributed by atoms with van der Waals surface area (Å²) in [6.45, 7) is 22.9. The summed E-state index contributed by atoms with van der Waals surface area (Å²) in [5.74, 6) is 5.17. The van der Waals surface area contributed by atoms with Crippen LogP contribution in [0.5, 0.6) is 0 Å². The Hall–Kier alpha value is 2.15. The fourth-order valence-electron chi connectivity index (χ4n) is 3.10. The van der Waals surface area contributed by atoms with Gasteiger partial charge in [0.15, 0.2) is 0 Å². The number of rotatable bonds is 1. The molecule has 1 saturated heterocycles. The van der Waals surface area contributed by atoms with Gasteiger partial charge in [0, 0.05) is 27.5 Å². The monoisotopic (exact) mass is 372 g/mol. The summed E-state index contributed by atoms with van der Waals surface area (Å²) in [7, 11) is 0.300. The van der Waals surface area contributed by atoms with E-state index in [9.17, 15) is 0 Å². The van der Waals surface area contributed by atoms with Crippen molar-refractivity contribution in [3.05, 3.63) is 0 Å². The fraction of sp³-hybridized carbons (Fsp3) is 1.00. The molecule has 1 fully saturated rings. The van der Waals surface area contributed by atoms with Crippen molar-refractivity contribution in [2.24, 2.45) is 11.8 Å². The maximum Gasteiger partial charge on any atom is 0.113 e. The van der Waals surface area contributed by atoms with Gasteiger partial charge in [0.25, 0.3) is 0 Å². The van der Waals surface area contributed by atoms with Crippen LogP contribution in [0.2, 0.25) is 0 Å². The van der Waals surface area contributed by atoms with Crippen molar-refractivity contribution >= 4 is 37.0 Å². The summed E-state index contributed by atoms with van der Waals surface area (Å²) < 4.78 is 0. The molecule has 120 valence electrons. The van der Waals surface area contributed by atoms with Gasteiger partial charge in [-0.05, 0) is 45.6 Å². The first-order chi connectivity index (χ1) is 8.94. The number of hydrogen-bond acceptors (Lipinski definition) is 0. The molecule has 0 aliphatic carbocycles. The largest absolute Gasteiger partial charge is 0.113 e. The summed E-state index contributed by atoms with van der Waals surface area (Å²) in [6, 6.07) is 0. The molecule has 1 aliphatic heterocycles. The van der Waals surface area contributed by atoms with Gasteiger partial charge in [-0.15, -0.1) is 0 Å². The molecule has 1 rings (SSSR count). The highest BCUT2D eigenvalue weighted by atomic mass is 32.1. The summed E-state index contributed by atoms with van der Waals surface area (Å²) in [5.41, 5.74) is 0. The lowest BCUT2D eigenvalue weighted by molar-refractivity contribution is 0.468. The topological polar surface area (TPSA) is 0 Å². The molecular formula is C15H37P5+2. The predicted molar refractivity (Wildman–Crippen MR) is 114 cm³/mol. The van der Waals surface area contributed by atoms with E-state index in [0.717, 1.165) is 11.8 Å². The first-order valence-corrected chi connectivity index (χ1v) is 21.0. The Bertz CT molecular complexity index is 313. The first-order valence-electron chi connectivity index (χ1n) is 7.73. The van der Waals surface area contributed by atoms with Crippen LogP contribution in [0.15, 0.2) is 0 Å². The molecule has 4 unspecified atom stereocenters. The molecule has 0 spiro atoms. The molecule has 0 aromatic rings. The van der Waals surface area contributed by atoms with E-state index in [2.05, 4.69) is 60.5 Å². The van der Waals surface area contributed by atoms with Crippen molar-refractivity contribution in [1.29, 1.82) is 0 Å². The zero-order chi connectivity index (χ0) is 15.7. The Morgan fingerprint density at radius 1 is 0.900 bits per heavy atom. The summed E-state index contributed by atoms with van der Waals surface area (Å²) >= 11 is 0. The van der Waals surface area contributed by atoms with Crippen LogP contribution in [0.3, 0.4) is 0 Å². The number of hydrogen-bond donors (Lipinski definition) is 0. The second-order valence-electron chi connectivity index (χ2n) is 8.18. The molecule has 4 atom stereocenters. The van der Waals surface area contributed by atoms with Crippen LogP contribution < -0.4 is 0 Å². The van der Waals surface area contributed by atoms with Gasteiger partial charge in [0.1, 0.15) is 5.90 Å². The molecule has 0 N–H and O–H groups in total. The standard InChI is InChI=1S/C15H37P5/c1-14(2)15-10-16(3)17(4)12-19(6,7)13-18(5)20(8,9)11-15/h14-15H,10-13H2,1-9H3/q+2. The lowest BCUT2D eigenvalue weighted by Gasteiger charge is -2.37. The van der Waals surface area contributed by atoms with E-state index in [0.29, 0.717) is 22.8 Å². The van der Waals surface area contributed by atoms with Gasteiger partial charge >= 0.3 is 0 Å². The Morgan fingerprint density at radius 2 is 1.45 bits per heavy atom. The highest BCUT2D eigenvalue weighted by Crippen LogP contribution is 2.86. The van der Waals surface area contributed by atoms with Crippen molar-refractivity contribution in [3.8, 4) is 0 Å². The van der Waals surface area contributed by atoms with Crippen LogP contribution >= 0.6 is 37.0 Å². The Morgan fingerprint density at radius 3 is 1.95 bits per heavy atom. The van der Waals surface area contributed by atoms with Gasteiger partial charge in [-0.3, -0.25) is 0 Å². The lowest BCUT2D eigenvalue weighted by Crippen LogP contribution is -2.20. The predicted octanol–water partition coefficient (Wildman–Crippen LogP) is 6.91. The molecule has 0 aromatic carbocycles. The summed E-state index contributed by atoms with van der Waals surface area (Å²) in [4.78, 5) is 0. The molecular weight excluding hydrogens is 335 g/mol. The fourth-order valence-corrected chi connectivity index (χ4v) is 33.2. The quantitative estimate of drug-likeness (QED) is 0.439. The third-order valence-electron chi connectivity index (χ3n) is 4.80. The van der Waals surface area contributed by atoms with Gasteiger partial charge in [-0.2, -0.15) is 0 Å². The van der Waals surface area contributed by atoms with E-state index < -0.39 is 14.2 Å². The summed E-state index contributed by atoms with van der Waals surface area (Å²) in [6.07, 6.45) is 3.16. The van der Waals surface area contributed by atoms with E-state index >= 15 is 0 Å². The Labute approximate surface area is 133 Å². The van der Waals surface area contributed by atoms with Crippen LogP contribution in [0, 0.1) is 11.8 Å². The van der Waals surface area contributed by atoms with Crippen LogP contribution in [-0.4, -0.2) is 70.8 Å². The van der Waals surface area contributed by atoms with E-state index in [1.165, 1.54) is 0 Å². The van der Waals surface area contributed by atoms with Crippen molar-refractivity contribution in [1.82, 2.24) is 0 Å². The first kappa shape index (κ1) is 20.2. The third-order valence-corrected chi connectivity index (χ3v) is 31.9. The van der Waals surface area contributed by atoms with Crippen molar-refractivity contribution in [3.63, 3.8) is 0 Å². The smallest absolute Gasteiger partial charge is 0.0803 e. The molecule has 20 heavy (non-hydrogen) atoms. The van der Waals surface area contributed by atoms with Gasteiger partial charge in [-0.25, -0.2) is 0 Å². The van der Waals surface area contributed by atoms with Gasteiger partial charge in [-0.1, -0.05) is 21.5 Å². The molecule has 0 amide bonds. The minimum Gasteiger partial charge on any atom is -0.0803 e. The van der Waals surface area contributed by atoms with E-state index in [1.54, 1.807) is 24.1 Å². The minimum atomic E-state index is -0.672. The van der Waals surface area contributed by atoms with Crippen molar-refractivity contribution < 1.29 is 0 Å². The molecule has 0 saturated carbocycles. The van der Waals surface area contributed by atoms with Crippen LogP contribution in [0.25, 0.3) is 0 Å². The van der Waals surface area contributed by atoms with Crippen LogP contribution in [0.4, 0.5) is 0 Å². The Kier molecular flexibility index (Phi) is 7.89. The molecule has 0 bridgehead atoms. The lowest BCUT2D eigenvalue weighted by atomic mass is 10.0. The van der Waals surface area contributed by atoms with Crippen LogP contribution in [0.1, 0.15) is 13.8 Å². The molecule has 1 heterocycles. The SMILES string of the molecule is CC(C)C1CP(C)P(C)C[P+](C)(C)CP(C)[P+](C)(C)C1. The van der Waals surface area contributed by atoms with Gasteiger partial charge < -0.3 is 0 Å². The van der Waals surface area contributed by atoms with E-state index in [4.69, 9.17) is 0 Å². The normalized spacial score (nSPS) is 38.7. The van der Waals surface area contributed by atoms with Crippen molar-refractivity contribution in [2.45, 2.75) is 13.8 Å². The van der Waals surface area contributed by atoms with E-state index in [-0.39, 0.29) is 0 Å². The average molecular weight is 372 g/mol. The molecule has 1 aliphatic rings. The highest BCUT2D eigenvalue weighted by Gasteiger charge is 2.45. The zero-order valence-corrected chi connectivity index (χ0v) is 19.7. The minimum absolute atomic E-state index is 0.298. The van der Waals surface area contributed by atoms with Crippen molar-refractivity contribution in [2.75, 3.05) is 70.8 Å². The van der Waals surface area contributed by atoms with Crippen LogP contribution in [-0.2, 0) is 0 Å². The maximum absolute atomic E-state index is 2.68. The third kappa shape index (κ3) is 5.98. The molecule has 0 nitrogen and oxygen atoms in total. The second kappa shape index (κ2) is 7.81. The maximum atomic E-state index is 2.68. The summed E-state index contributed by atoms with van der Waals surface area (Å²) in [5, 5.41) is 0. The Balaban J connectivity index is 3.00. The average Bonchev–Trinajstić information content (AvgIpc) is 2.24. The van der Waals surface area contributed by atoms with E-state index in [1.807, 2.05) is 0 Å².